The monoisotopic (exact) mass is 857 g/mol. The molecule has 0 N–H and O–H groups in total. The van der Waals surface area contributed by atoms with Gasteiger partial charge in [-0.2, -0.15) is 0 Å². The van der Waals surface area contributed by atoms with E-state index in [1.165, 1.54) is 82.2 Å². The SMILES string of the molecule is CC1(C)CCc2ccccc21.CC1(C)c2ccccc2-c2ccccc21.CC1CCOc2ccccc21.CCC1(C)CCc2ccccc21.CCC1(C)c2ccccc2-c2ccccc21. The maximum atomic E-state index is 5.49. The van der Waals surface area contributed by atoms with Gasteiger partial charge in [-0.05, 0) is 140 Å². The Morgan fingerprint density at radius 1 is 0.446 bits per heavy atom. The second kappa shape index (κ2) is 19.1. The first kappa shape index (κ1) is 45.9. The van der Waals surface area contributed by atoms with E-state index in [-0.39, 0.29) is 10.8 Å². The molecular weight excluding hydrogens is 785 g/mol. The molecule has 1 nitrogen and oxygen atoms in total. The van der Waals surface area contributed by atoms with E-state index in [1.54, 1.807) is 22.3 Å². The fourth-order valence-corrected chi connectivity index (χ4v) is 11.3. The second-order valence-electron chi connectivity index (χ2n) is 20.7. The molecule has 0 aromatic heterocycles. The lowest BCUT2D eigenvalue weighted by molar-refractivity contribution is 0.272. The average molecular weight is 857 g/mol. The fourth-order valence-electron chi connectivity index (χ4n) is 11.3. The van der Waals surface area contributed by atoms with E-state index < -0.39 is 0 Å². The lowest BCUT2D eigenvalue weighted by atomic mass is 9.78. The standard InChI is InChI=1S/C16H16.C15H14.C12H16.C11H14.C10H12O/c1-3-16(2)14-10-6-4-8-12(14)13-9-5-7-11-15(13)16;1-15(2)13-9-5-3-7-11(13)12-8-4-6-10-14(12)15;1-3-12(2)9-8-10-6-4-5-7-11(10)12;1-11(2)8-7-9-5-3-4-6-10(9)11;1-8-6-7-11-10-5-3-2-4-9(8)10/h4-11H,3H2,1-2H3;3-10H,1-2H3;4-7H,3,8-9H2,1-2H3;3-6H,7-8H2,1-2H3;2-5,8H,6-7H2,1H3. The van der Waals surface area contributed by atoms with Gasteiger partial charge >= 0.3 is 0 Å². The Labute approximate surface area is 392 Å². The van der Waals surface area contributed by atoms with Crippen LogP contribution in [-0.4, -0.2) is 6.61 Å². The predicted molar refractivity (Wildman–Crippen MR) is 278 cm³/mol. The molecule has 334 valence electrons. The second-order valence-corrected chi connectivity index (χ2v) is 20.7. The molecule has 0 saturated heterocycles. The molecule has 7 aromatic rings. The number of rotatable bonds is 2. The summed E-state index contributed by atoms with van der Waals surface area (Å²) in [7, 11) is 0. The van der Waals surface area contributed by atoms with Crippen LogP contribution in [0.1, 0.15) is 150 Å². The van der Waals surface area contributed by atoms with Gasteiger partial charge in [0.2, 0.25) is 0 Å². The molecule has 7 aromatic carbocycles. The van der Waals surface area contributed by atoms with Crippen molar-refractivity contribution in [3.63, 3.8) is 0 Å². The fraction of sp³-hybridized carbons (Fsp3) is 0.344. The lowest BCUT2D eigenvalue weighted by Gasteiger charge is -2.25. The van der Waals surface area contributed by atoms with E-state index in [0.717, 1.165) is 25.2 Å². The Morgan fingerprint density at radius 3 is 1.37 bits per heavy atom. The van der Waals surface area contributed by atoms with Crippen LogP contribution in [0.3, 0.4) is 0 Å². The van der Waals surface area contributed by atoms with E-state index in [2.05, 4.69) is 220 Å². The van der Waals surface area contributed by atoms with Crippen LogP contribution >= 0.6 is 0 Å². The van der Waals surface area contributed by atoms with Gasteiger partial charge in [0.15, 0.2) is 0 Å². The Bertz CT molecular complexity index is 2630. The van der Waals surface area contributed by atoms with Crippen LogP contribution < -0.4 is 4.74 Å². The zero-order chi connectivity index (χ0) is 45.8. The van der Waals surface area contributed by atoms with Gasteiger partial charge in [-0.15, -0.1) is 0 Å². The van der Waals surface area contributed by atoms with Crippen molar-refractivity contribution in [1.82, 2.24) is 0 Å². The molecule has 0 bridgehead atoms. The lowest BCUT2D eigenvalue weighted by Crippen LogP contribution is -2.18. The maximum Gasteiger partial charge on any atom is 0.122 e. The number of hydrogen-bond donors (Lipinski definition) is 0. The third-order valence-electron chi connectivity index (χ3n) is 15.9. The Hall–Kier alpha value is -5.66. The number of hydrogen-bond acceptors (Lipinski definition) is 1. The summed E-state index contributed by atoms with van der Waals surface area (Å²) in [4.78, 5) is 0. The number of aryl methyl sites for hydroxylation is 2. The van der Waals surface area contributed by atoms with Crippen LogP contribution in [0.5, 0.6) is 5.75 Å². The molecule has 2 atom stereocenters. The predicted octanol–water partition coefficient (Wildman–Crippen LogP) is 17.2. The molecule has 0 spiro atoms. The summed E-state index contributed by atoms with van der Waals surface area (Å²) in [5, 5.41) is 0. The molecule has 0 saturated carbocycles. The van der Waals surface area contributed by atoms with Crippen LogP contribution in [-0.2, 0) is 34.5 Å². The molecule has 0 fully saturated rings. The summed E-state index contributed by atoms with van der Waals surface area (Å²) in [6, 6.07) is 61.1. The van der Waals surface area contributed by atoms with Crippen molar-refractivity contribution < 1.29 is 4.74 Å². The molecule has 1 aliphatic heterocycles. The largest absolute Gasteiger partial charge is 0.493 e. The highest BCUT2D eigenvalue weighted by atomic mass is 16.5. The Morgan fingerprint density at radius 2 is 0.862 bits per heavy atom. The Kier molecular flexibility index (Phi) is 13.5. The van der Waals surface area contributed by atoms with Crippen LogP contribution in [0.25, 0.3) is 22.3 Å². The van der Waals surface area contributed by atoms with Crippen molar-refractivity contribution in [3.8, 4) is 28.0 Å². The summed E-state index contributed by atoms with van der Waals surface area (Å²) in [6.45, 7) is 21.7. The minimum Gasteiger partial charge on any atom is -0.493 e. The number of ether oxygens (including phenoxy) is 1. The highest BCUT2D eigenvalue weighted by Crippen LogP contribution is 2.51. The van der Waals surface area contributed by atoms with Crippen molar-refractivity contribution in [2.24, 2.45) is 0 Å². The van der Waals surface area contributed by atoms with E-state index in [0.29, 0.717) is 16.7 Å². The van der Waals surface area contributed by atoms with Crippen LogP contribution in [0.2, 0.25) is 0 Å². The van der Waals surface area contributed by atoms with Gasteiger partial charge in [0.25, 0.3) is 0 Å². The summed E-state index contributed by atoms with van der Waals surface area (Å²) < 4.78 is 5.49. The smallest absolute Gasteiger partial charge is 0.122 e. The Balaban J connectivity index is 0.000000112. The van der Waals surface area contributed by atoms with Crippen molar-refractivity contribution in [2.75, 3.05) is 6.61 Å². The third kappa shape index (κ3) is 9.01. The van der Waals surface area contributed by atoms with Gasteiger partial charge in [-0.25, -0.2) is 0 Å². The van der Waals surface area contributed by atoms with Gasteiger partial charge in [0.05, 0.1) is 6.61 Å². The van der Waals surface area contributed by atoms with Gasteiger partial charge in [0, 0.05) is 10.8 Å². The molecule has 65 heavy (non-hydrogen) atoms. The van der Waals surface area contributed by atoms with Crippen molar-refractivity contribution in [2.45, 2.75) is 135 Å². The molecule has 0 radical (unpaired) electrons. The van der Waals surface area contributed by atoms with Gasteiger partial charge in [-0.3, -0.25) is 0 Å². The molecule has 2 unspecified atom stereocenters. The van der Waals surface area contributed by atoms with Crippen LogP contribution in [0.4, 0.5) is 0 Å². The molecule has 1 heteroatoms. The minimum absolute atomic E-state index is 0.160. The normalized spacial score (nSPS) is 19.6. The average Bonchev–Trinajstić information content (AvgIpc) is 4.02. The van der Waals surface area contributed by atoms with E-state index in [9.17, 15) is 0 Å². The zero-order valence-corrected chi connectivity index (χ0v) is 40.8. The molecular formula is C64H72O. The summed E-state index contributed by atoms with van der Waals surface area (Å²) >= 11 is 0. The van der Waals surface area contributed by atoms with Crippen LogP contribution in [0, 0.1) is 0 Å². The van der Waals surface area contributed by atoms with Crippen molar-refractivity contribution in [3.05, 3.63) is 220 Å². The first-order valence-corrected chi connectivity index (χ1v) is 24.6. The van der Waals surface area contributed by atoms with Crippen LogP contribution in [0.15, 0.2) is 170 Å². The van der Waals surface area contributed by atoms with Gasteiger partial charge in [-0.1, -0.05) is 226 Å². The molecule has 1 heterocycles. The summed E-state index contributed by atoms with van der Waals surface area (Å²) in [5.41, 5.74) is 20.4. The number of benzene rings is 7. The van der Waals surface area contributed by atoms with E-state index in [4.69, 9.17) is 4.74 Å². The van der Waals surface area contributed by atoms with Gasteiger partial charge < -0.3 is 4.74 Å². The highest BCUT2D eigenvalue weighted by molar-refractivity contribution is 5.81. The quantitative estimate of drug-likeness (QED) is 0.168. The summed E-state index contributed by atoms with van der Waals surface area (Å²) in [5.74, 6) is 1.74. The van der Waals surface area contributed by atoms with Crippen molar-refractivity contribution >= 4 is 0 Å². The topological polar surface area (TPSA) is 9.23 Å². The number of para-hydroxylation sites is 1. The van der Waals surface area contributed by atoms with E-state index in [1.807, 2.05) is 12.1 Å². The molecule has 4 aliphatic carbocycles. The minimum atomic E-state index is 0.160. The maximum absolute atomic E-state index is 5.49. The number of fused-ring (bicyclic) bond motifs is 9. The first-order valence-electron chi connectivity index (χ1n) is 24.6. The zero-order valence-electron chi connectivity index (χ0n) is 40.8. The van der Waals surface area contributed by atoms with Gasteiger partial charge in [0.1, 0.15) is 5.75 Å². The highest BCUT2D eigenvalue weighted by Gasteiger charge is 2.37. The molecule has 0 amide bonds. The molecule has 5 aliphatic rings. The molecule has 12 rings (SSSR count). The third-order valence-corrected chi connectivity index (χ3v) is 15.9. The summed E-state index contributed by atoms with van der Waals surface area (Å²) in [6.07, 6.45) is 8.76. The first-order chi connectivity index (χ1) is 31.3. The van der Waals surface area contributed by atoms with Crippen molar-refractivity contribution in [1.29, 1.82) is 0 Å². The van der Waals surface area contributed by atoms with E-state index >= 15 is 0 Å².